The van der Waals surface area contributed by atoms with Crippen molar-refractivity contribution in [1.82, 2.24) is 10.2 Å². The lowest BCUT2D eigenvalue weighted by molar-refractivity contribution is -0.140. The lowest BCUT2D eigenvalue weighted by atomic mass is 10.0. The summed E-state index contributed by atoms with van der Waals surface area (Å²) in [6.45, 7) is 4.86. The third-order valence-corrected chi connectivity index (χ3v) is 9.86. The molecule has 0 aliphatic heterocycles. The van der Waals surface area contributed by atoms with E-state index < -0.39 is 28.5 Å². The molecule has 0 saturated carbocycles. The molecule has 0 bridgehead atoms. The minimum absolute atomic E-state index is 0.000740. The van der Waals surface area contributed by atoms with Crippen molar-refractivity contribution < 1.29 is 22.7 Å². The van der Waals surface area contributed by atoms with Crippen LogP contribution in [0, 0.1) is 6.92 Å². The molecular formula is C35H37Cl2N3O5S. The summed E-state index contributed by atoms with van der Waals surface area (Å²) >= 11 is 12.9. The zero-order valence-electron chi connectivity index (χ0n) is 26.1. The molecule has 0 aliphatic rings. The predicted molar refractivity (Wildman–Crippen MR) is 183 cm³/mol. The molecule has 46 heavy (non-hydrogen) atoms. The number of carbonyl (C=O) groups excluding carboxylic acids is 2. The highest BCUT2D eigenvalue weighted by atomic mass is 35.5. The van der Waals surface area contributed by atoms with Crippen LogP contribution in [0.15, 0.2) is 102 Å². The van der Waals surface area contributed by atoms with E-state index in [9.17, 15) is 18.0 Å². The zero-order chi connectivity index (χ0) is 33.4. The van der Waals surface area contributed by atoms with Crippen LogP contribution in [-0.4, -0.2) is 50.9 Å². The topological polar surface area (TPSA) is 96.0 Å². The summed E-state index contributed by atoms with van der Waals surface area (Å²) in [5, 5.41) is 3.05. The van der Waals surface area contributed by atoms with Gasteiger partial charge in [0.15, 0.2) is 0 Å². The van der Waals surface area contributed by atoms with Crippen molar-refractivity contribution in [2.45, 2.75) is 50.7 Å². The van der Waals surface area contributed by atoms with Crippen LogP contribution in [0.5, 0.6) is 5.75 Å². The molecule has 4 aromatic rings. The van der Waals surface area contributed by atoms with Crippen molar-refractivity contribution >= 4 is 50.7 Å². The third-order valence-electron chi connectivity index (χ3n) is 7.28. The van der Waals surface area contributed by atoms with Crippen molar-refractivity contribution in [3.63, 3.8) is 0 Å². The molecule has 0 saturated heterocycles. The molecule has 0 unspecified atom stereocenters. The SMILES string of the molecule is COc1cccc(CN(C(=O)CN(c2cccc(Cl)c2Cl)S(=O)(=O)c2ccc(C)cc2)[C@H](Cc2ccccc2)C(=O)NC(C)C)c1. The summed E-state index contributed by atoms with van der Waals surface area (Å²) in [4.78, 5) is 29.8. The third kappa shape index (κ3) is 8.60. The van der Waals surface area contributed by atoms with Crippen LogP contribution in [-0.2, 0) is 32.6 Å². The first kappa shape index (κ1) is 34.8. The minimum atomic E-state index is -4.32. The minimum Gasteiger partial charge on any atom is -0.497 e. The van der Waals surface area contributed by atoms with E-state index in [1.54, 1.807) is 43.5 Å². The Hall–Kier alpha value is -4.05. The van der Waals surface area contributed by atoms with Crippen LogP contribution in [0.25, 0.3) is 0 Å². The summed E-state index contributed by atoms with van der Waals surface area (Å²) < 4.78 is 34.8. The second-order valence-corrected chi connectivity index (χ2v) is 13.8. The number of carbonyl (C=O) groups is 2. The first-order valence-electron chi connectivity index (χ1n) is 14.7. The van der Waals surface area contributed by atoms with E-state index in [-0.39, 0.29) is 45.5 Å². The Morgan fingerprint density at radius 3 is 2.17 bits per heavy atom. The average molecular weight is 683 g/mol. The van der Waals surface area contributed by atoms with Gasteiger partial charge in [-0.2, -0.15) is 0 Å². The normalized spacial score (nSPS) is 12.0. The Kier molecular flexibility index (Phi) is 11.7. The van der Waals surface area contributed by atoms with E-state index in [0.717, 1.165) is 15.4 Å². The lowest BCUT2D eigenvalue weighted by Gasteiger charge is -2.34. The number of sulfonamides is 1. The summed E-state index contributed by atoms with van der Waals surface area (Å²) in [6.07, 6.45) is 0.192. The molecule has 0 aliphatic carbocycles. The molecule has 0 radical (unpaired) electrons. The van der Waals surface area contributed by atoms with Crippen molar-refractivity contribution in [3.05, 3.63) is 124 Å². The van der Waals surface area contributed by atoms with Gasteiger partial charge in [-0.25, -0.2) is 8.42 Å². The van der Waals surface area contributed by atoms with Gasteiger partial charge < -0.3 is 15.0 Å². The number of hydrogen-bond acceptors (Lipinski definition) is 5. The number of rotatable bonds is 13. The Balaban J connectivity index is 1.85. The summed E-state index contributed by atoms with van der Waals surface area (Å²) in [6, 6.07) is 26.2. The molecule has 4 rings (SSSR count). The van der Waals surface area contributed by atoms with E-state index in [0.29, 0.717) is 11.3 Å². The van der Waals surface area contributed by atoms with Gasteiger partial charge in [0.2, 0.25) is 11.8 Å². The maximum atomic E-state index is 14.6. The number of nitrogens with one attached hydrogen (secondary N) is 1. The first-order valence-corrected chi connectivity index (χ1v) is 16.9. The van der Waals surface area contributed by atoms with Gasteiger partial charge >= 0.3 is 0 Å². The molecule has 2 amide bonds. The highest BCUT2D eigenvalue weighted by Crippen LogP contribution is 2.36. The maximum absolute atomic E-state index is 14.6. The smallest absolute Gasteiger partial charge is 0.264 e. The van der Waals surface area contributed by atoms with Crippen LogP contribution < -0.4 is 14.4 Å². The number of benzene rings is 4. The number of methoxy groups -OCH3 is 1. The van der Waals surface area contributed by atoms with E-state index in [1.165, 1.54) is 29.2 Å². The van der Waals surface area contributed by atoms with Gasteiger partial charge in [-0.3, -0.25) is 13.9 Å². The quantitative estimate of drug-likeness (QED) is 0.170. The Morgan fingerprint density at radius 2 is 1.52 bits per heavy atom. The van der Waals surface area contributed by atoms with Crippen LogP contribution in [0.3, 0.4) is 0 Å². The standard InChI is InChI=1S/C35H37Cl2N3O5S/c1-24(2)38-35(42)32(21-26-10-6-5-7-11-26)39(22-27-12-8-13-28(20-27)45-4)33(41)23-40(31-15-9-14-30(36)34(31)37)46(43,44)29-18-16-25(3)17-19-29/h5-20,24,32H,21-23H2,1-4H3,(H,38,42)/t32-/m1/s1. The molecule has 4 aromatic carbocycles. The van der Waals surface area contributed by atoms with Crippen LogP contribution in [0.4, 0.5) is 5.69 Å². The number of anilines is 1. The maximum Gasteiger partial charge on any atom is 0.264 e. The lowest BCUT2D eigenvalue weighted by Crippen LogP contribution is -2.54. The molecule has 11 heteroatoms. The summed E-state index contributed by atoms with van der Waals surface area (Å²) in [5.41, 5.74) is 2.43. The molecule has 1 N–H and O–H groups in total. The van der Waals surface area contributed by atoms with Gasteiger partial charge in [-0.05, 0) is 68.3 Å². The average Bonchev–Trinajstić information content (AvgIpc) is 3.03. The Labute approximate surface area is 280 Å². The van der Waals surface area contributed by atoms with Gasteiger partial charge in [0.1, 0.15) is 18.3 Å². The Morgan fingerprint density at radius 1 is 0.870 bits per heavy atom. The molecule has 0 spiro atoms. The van der Waals surface area contributed by atoms with Gasteiger partial charge in [0.25, 0.3) is 10.0 Å². The van der Waals surface area contributed by atoms with Gasteiger partial charge in [-0.1, -0.05) is 89.4 Å². The number of ether oxygens (including phenoxy) is 1. The number of halogens is 2. The molecule has 8 nitrogen and oxygen atoms in total. The fraction of sp³-hybridized carbons (Fsp3) is 0.257. The first-order chi connectivity index (χ1) is 21.9. The number of aryl methyl sites for hydroxylation is 1. The second kappa shape index (κ2) is 15.5. The van der Waals surface area contributed by atoms with Crippen molar-refractivity contribution in [1.29, 1.82) is 0 Å². The number of amides is 2. The zero-order valence-corrected chi connectivity index (χ0v) is 28.4. The molecule has 0 heterocycles. The van der Waals surface area contributed by atoms with Gasteiger partial charge in [-0.15, -0.1) is 0 Å². The van der Waals surface area contributed by atoms with Crippen LogP contribution >= 0.6 is 23.2 Å². The fourth-order valence-corrected chi connectivity index (χ4v) is 6.81. The molecule has 0 fully saturated rings. The number of hydrogen-bond donors (Lipinski definition) is 1. The monoisotopic (exact) mass is 681 g/mol. The van der Waals surface area contributed by atoms with Crippen molar-refractivity contribution in [2.24, 2.45) is 0 Å². The van der Waals surface area contributed by atoms with Crippen LogP contribution in [0.2, 0.25) is 10.0 Å². The van der Waals surface area contributed by atoms with E-state index in [2.05, 4.69) is 5.32 Å². The summed E-state index contributed by atoms with van der Waals surface area (Å²) in [7, 11) is -2.78. The molecule has 0 aromatic heterocycles. The van der Waals surface area contributed by atoms with Crippen molar-refractivity contribution in [3.8, 4) is 5.75 Å². The van der Waals surface area contributed by atoms with E-state index >= 15 is 0 Å². The second-order valence-electron chi connectivity index (χ2n) is 11.1. The molecular weight excluding hydrogens is 645 g/mol. The predicted octanol–water partition coefficient (Wildman–Crippen LogP) is 6.67. The van der Waals surface area contributed by atoms with E-state index in [4.69, 9.17) is 27.9 Å². The highest BCUT2D eigenvalue weighted by molar-refractivity contribution is 7.92. The Bertz CT molecular complexity index is 1770. The van der Waals surface area contributed by atoms with Crippen LogP contribution in [0.1, 0.15) is 30.5 Å². The van der Waals surface area contributed by atoms with Gasteiger partial charge in [0.05, 0.1) is 27.7 Å². The largest absolute Gasteiger partial charge is 0.497 e. The summed E-state index contributed by atoms with van der Waals surface area (Å²) in [5.74, 6) is -0.413. The number of nitrogens with zero attached hydrogens (tertiary/aromatic N) is 2. The molecule has 1 atom stereocenters. The highest BCUT2D eigenvalue weighted by Gasteiger charge is 2.35. The van der Waals surface area contributed by atoms with Crippen molar-refractivity contribution in [2.75, 3.05) is 18.0 Å². The molecule has 242 valence electrons. The van der Waals surface area contributed by atoms with E-state index in [1.807, 2.05) is 57.2 Å². The van der Waals surface area contributed by atoms with Gasteiger partial charge in [0, 0.05) is 19.0 Å². The fourth-order valence-electron chi connectivity index (χ4n) is 4.94.